The van der Waals surface area contributed by atoms with E-state index in [1.165, 1.54) is 5.56 Å². The lowest BCUT2D eigenvalue weighted by molar-refractivity contribution is 0.0263. The number of carbonyl (C=O) groups excluding carboxylic acids is 1. The van der Waals surface area contributed by atoms with Gasteiger partial charge in [0.15, 0.2) is 0 Å². The Morgan fingerprint density at radius 3 is 2.44 bits per heavy atom. The van der Waals surface area contributed by atoms with E-state index in [9.17, 15) is 9.90 Å². The van der Waals surface area contributed by atoms with Crippen molar-refractivity contribution in [1.82, 2.24) is 4.90 Å². The molecule has 2 aliphatic rings. The molecule has 1 aliphatic carbocycles. The highest BCUT2D eigenvalue weighted by Gasteiger charge is 2.46. The van der Waals surface area contributed by atoms with E-state index in [0.717, 1.165) is 32.1 Å². The van der Waals surface area contributed by atoms with Gasteiger partial charge >= 0.3 is 6.09 Å². The Labute approximate surface area is 171 Å². The van der Waals surface area contributed by atoms with Crippen LogP contribution in [0.4, 0.5) is 4.79 Å². The molecule has 0 bridgehead atoms. The van der Waals surface area contributed by atoms with Gasteiger partial charge in [-0.2, -0.15) is 0 Å². The number of halogens is 2. The van der Waals surface area contributed by atoms with Gasteiger partial charge in [-0.05, 0) is 76.5 Å². The van der Waals surface area contributed by atoms with Crippen molar-refractivity contribution in [2.24, 2.45) is 5.92 Å². The van der Waals surface area contributed by atoms with E-state index in [0.29, 0.717) is 29.1 Å². The third-order valence-electron chi connectivity index (χ3n) is 5.96. The molecular formula is C21H29Cl2NO3. The van der Waals surface area contributed by atoms with Gasteiger partial charge < -0.3 is 14.7 Å². The van der Waals surface area contributed by atoms with Crippen LogP contribution in [0.25, 0.3) is 0 Å². The zero-order valence-electron chi connectivity index (χ0n) is 16.3. The molecule has 4 nitrogen and oxygen atoms in total. The van der Waals surface area contributed by atoms with Crippen molar-refractivity contribution >= 4 is 29.3 Å². The predicted molar refractivity (Wildman–Crippen MR) is 109 cm³/mol. The number of nitrogens with zero attached hydrogens (tertiary/aromatic N) is 1. The lowest BCUT2D eigenvalue weighted by Crippen LogP contribution is -2.42. The number of amides is 1. The first-order chi connectivity index (χ1) is 12.6. The average molecular weight is 414 g/mol. The Bertz CT molecular complexity index is 693. The summed E-state index contributed by atoms with van der Waals surface area (Å²) in [7, 11) is 0. The van der Waals surface area contributed by atoms with Gasteiger partial charge in [-0.3, -0.25) is 0 Å². The second-order valence-electron chi connectivity index (χ2n) is 8.93. The Balaban J connectivity index is 1.84. The van der Waals surface area contributed by atoms with E-state index < -0.39 is 5.60 Å². The highest BCUT2D eigenvalue weighted by molar-refractivity contribution is 6.42. The topological polar surface area (TPSA) is 49.8 Å². The van der Waals surface area contributed by atoms with Crippen LogP contribution in [0, 0.1) is 5.92 Å². The van der Waals surface area contributed by atoms with Crippen LogP contribution < -0.4 is 0 Å². The standard InChI is InChI=1S/C21H29Cl2NO3/c1-20(2,3)27-19(26)24-11-8-15(13-24)21(9-6-16(25)7-10-21)14-4-5-17(22)18(23)12-14/h4-5,12,15-16,25H,6-11,13H2,1-3H3/t15-,16?,21?/m1/s1. The van der Waals surface area contributed by atoms with E-state index in [1.54, 1.807) is 0 Å². The van der Waals surface area contributed by atoms with Gasteiger partial charge in [0, 0.05) is 18.5 Å². The molecule has 3 rings (SSSR count). The van der Waals surface area contributed by atoms with Crippen molar-refractivity contribution in [3.63, 3.8) is 0 Å². The SMILES string of the molecule is CC(C)(C)OC(=O)N1CC[C@@H](C2(c3ccc(Cl)c(Cl)c3)CCC(O)CC2)C1. The molecule has 0 unspecified atom stereocenters. The number of hydrogen-bond acceptors (Lipinski definition) is 3. The van der Waals surface area contributed by atoms with Crippen LogP contribution in [0.5, 0.6) is 0 Å². The monoisotopic (exact) mass is 413 g/mol. The van der Waals surface area contributed by atoms with Gasteiger partial charge in [0.2, 0.25) is 0 Å². The highest BCUT2D eigenvalue weighted by atomic mass is 35.5. The first-order valence-corrected chi connectivity index (χ1v) is 10.5. The molecule has 1 saturated heterocycles. The van der Waals surface area contributed by atoms with Crippen LogP contribution in [0.15, 0.2) is 18.2 Å². The molecule has 1 amide bonds. The Morgan fingerprint density at radius 2 is 1.85 bits per heavy atom. The normalized spacial score (nSPS) is 29.0. The maximum absolute atomic E-state index is 12.5. The first-order valence-electron chi connectivity index (χ1n) is 9.72. The number of aliphatic hydroxyl groups is 1. The second kappa shape index (κ2) is 7.81. The molecular weight excluding hydrogens is 385 g/mol. The molecule has 2 fully saturated rings. The van der Waals surface area contributed by atoms with Gasteiger partial charge in [-0.1, -0.05) is 29.3 Å². The smallest absolute Gasteiger partial charge is 0.410 e. The summed E-state index contributed by atoms with van der Waals surface area (Å²) in [6.07, 6.45) is 3.74. The van der Waals surface area contributed by atoms with E-state index in [1.807, 2.05) is 37.8 Å². The molecule has 0 aromatic heterocycles. The summed E-state index contributed by atoms with van der Waals surface area (Å²) in [6, 6.07) is 5.88. The van der Waals surface area contributed by atoms with Crippen LogP contribution in [0.1, 0.15) is 58.4 Å². The predicted octanol–water partition coefficient (Wildman–Crippen LogP) is 5.42. The number of carbonyl (C=O) groups is 1. The quantitative estimate of drug-likeness (QED) is 0.703. The fraction of sp³-hybridized carbons (Fsp3) is 0.667. The molecule has 1 N–H and O–H groups in total. The van der Waals surface area contributed by atoms with E-state index >= 15 is 0 Å². The molecule has 1 aliphatic heterocycles. The van der Waals surface area contributed by atoms with E-state index in [4.69, 9.17) is 27.9 Å². The number of benzene rings is 1. The zero-order chi connectivity index (χ0) is 19.8. The third kappa shape index (κ3) is 4.55. The highest BCUT2D eigenvalue weighted by Crippen LogP contribution is 2.49. The van der Waals surface area contributed by atoms with Gasteiger partial charge in [-0.25, -0.2) is 4.79 Å². The number of hydrogen-bond donors (Lipinski definition) is 1. The van der Waals surface area contributed by atoms with E-state index in [2.05, 4.69) is 6.07 Å². The zero-order valence-corrected chi connectivity index (χ0v) is 17.8. The summed E-state index contributed by atoms with van der Waals surface area (Å²) in [5, 5.41) is 11.2. The number of likely N-dealkylation sites (tertiary alicyclic amines) is 1. The minimum atomic E-state index is -0.495. The first kappa shape index (κ1) is 20.8. The van der Waals surface area contributed by atoms with Crippen LogP contribution in [0.2, 0.25) is 10.0 Å². The molecule has 0 spiro atoms. The Hall–Kier alpha value is -0.970. The molecule has 1 aromatic rings. The minimum Gasteiger partial charge on any atom is -0.444 e. The Kier molecular flexibility index (Phi) is 6.00. The molecule has 0 radical (unpaired) electrons. The summed E-state index contributed by atoms with van der Waals surface area (Å²) < 4.78 is 5.56. The van der Waals surface area contributed by atoms with Gasteiger partial charge in [0.1, 0.15) is 5.60 Å². The fourth-order valence-electron chi connectivity index (χ4n) is 4.56. The number of ether oxygens (including phenoxy) is 1. The van der Waals surface area contributed by atoms with Crippen molar-refractivity contribution in [1.29, 1.82) is 0 Å². The van der Waals surface area contributed by atoms with Crippen molar-refractivity contribution in [3.05, 3.63) is 33.8 Å². The lowest BCUT2D eigenvalue weighted by Gasteiger charge is -2.44. The van der Waals surface area contributed by atoms with E-state index in [-0.39, 0.29) is 17.6 Å². The maximum Gasteiger partial charge on any atom is 0.410 e. The summed E-state index contributed by atoms with van der Waals surface area (Å²) in [5.41, 5.74) is 0.579. The maximum atomic E-state index is 12.5. The Morgan fingerprint density at radius 1 is 1.19 bits per heavy atom. The average Bonchev–Trinajstić information content (AvgIpc) is 3.08. The molecule has 1 saturated carbocycles. The summed E-state index contributed by atoms with van der Waals surface area (Å²) in [5.74, 6) is 0.315. The largest absolute Gasteiger partial charge is 0.444 e. The number of aliphatic hydroxyl groups excluding tert-OH is 1. The second-order valence-corrected chi connectivity index (χ2v) is 9.74. The van der Waals surface area contributed by atoms with Crippen molar-refractivity contribution in [3.8, 4) is 0 Å². The van der Waals surface area contributed by atoms with Crippen LogP contribution in [-0.2, 0) is 10.2 Å². The lowest BCUT2D eigenvalue weighted by atomic mass is 9.61. The summed E-state index contributed by atoms with van der Waals surface area (Å²) in [6.45, 7) is 7.03. The van der Waals surface area contributed by atoms with Gasteiger partial charge in [-0.15, -0.1) is 0 Å². The number of rotatable bonds is 2. The van der Waals surface area contributed by atoms with Crippen molar-refractivity contribution in [2.45, 2.75) is 70.0 Å². The molecule has 27 heavy (non-hydrogen) atoms. The molecule has 1 atom stereocenters. The fourth-order valence-corrected chi connectivity index (χ4v) is 4.86. The van der Waals surface area contributed by atoms with Crippen molar-refractivity contribution < 1.29 is 14.6 Å². The molecule has 6 heteroatoms. The van der Waals surface area contributed by atoms with Gasteiger partial charge in [0.25, 0.3) is 0 Å². The molecule has 1 heterocycles. The summed E-state index contributed by atoms with van der Waals surface area (Å²) >= 11 is 12.4. The third-order valence-corrected chi connectivity index (χ3v) is 6.70. The van der Waals surface area contributed by atoms with Crippen molar-refractivity contribution in [2.75, 3.05) is 13.1 Å². The molecule has 150 valence electrons. The van der Waals surface area contributed by atoms with Crippen LogP contribution in [-0.4, -0.2) is 40.9 Å². The van der Waals surface area contributed by atoms with Gasteiger partial charge in [0.05, 0.1) is 16.1 Å². The molecule has 1 aromatic carbocycles. The van der Waals surface area contributed by atoms with Crippen LogP contribution in [0.3, 0.4) is 0 Å². The van der Waals surface area contributed by atoms with Crippen LogP contribution >= 0.6 is 23.2 Å². The minimum absolute atomic E-state index is 0.0930. The summed E-state index contributed by atoms with van der Waals surface area (Å²) in [4.78, 5) is 14.3.